The summed E-state index contributed by atoms with van der Waals surface area (Å²) in [5, 5.41) is 26.0. The molecule has 116 valence electrons. The first-order valence-electron chi connectivity index (χ1n) is 5.91. The van der Waals surface area contributed by atoms with E-state index in [0.29, 0.717) is 12.8 Å². The summed E-state index contributed by atoms with van der Waals surface area (Å²) in [5.41, 5.74) is 0. The topological polar surface area (TPSA) is 140 Å². The molecule has 0 amide bonds. The first-order valence-corrected chi connectivity index (χ1v) is 7.84. The van der Waals surface area contributed by atoms with Crippen LogP contribution in [-0.4, -0.2) is 61.9 Å². The summed E-state index contributed by atoms with van der Waals surface area (Å²) >= 11 is 0. The minimum Gasteiger partial charge on any atom is -0.453 e. The maximum Gasteiger partial charge on any atom is 0.705 e. The van der Waals surface area contributed by atoms with E-state index in [0.717, 1.165) is 0 Å². The van der Waals surface area contributed by atoms with E-state index in [1.807, 2.05) is 0 Å². The van der Waals surface area contributed by atoms with Crippen molar-refractivity contribution in [1.29, 1.82) is 0 Å². The summed E-state index contributed by atoms with van der Waals surface area (Å²) in [4.78, 5) is 33.6. The lowest BCUT2D eigenvalue weighted by Gasteiger charge is -2.26. The first-order chi connectivity index (χ1) is 9.42. The van der Waals surface area contributed by atoms with Crippen LogP contribution in [0.3, 0.4) is 0 Å². The highest BCUT2D eigenvalue weighted by Crippen LogP contribution is 2.20. The van der Waals surface area contributed by atoms with Crippen LogP contribution < -0.4 is 0 Å². The number of carbonyl (C=O) groups excluding carboxylic acids is 3. The Kier molecular flexibility index (Phi) is 8.71. The van der Waals surface area contributed by atoms with Gasteiger partial charge in [0.15, 0.2) is 0 Å². The molecule has 0 aliphatic heterocycles. The molecule has 0 bridgehead atoms. The normalized spacial score (nSPS) is 10.8. The van der Waals surface area contributed by atoms with E-state index in [-0.39, 0.29) is 6.04 Å². The molecule has 0 heterocycles. The molecule has 0 radical (unpaired) electrons. The Labute approximate surface area is 116 Å². The Hall–Kier alpha value is -1.49. The van der Waals surface area contributed by atoms with E-state index >= 15 is 0 Å². The van der Waals surface area contributed by atoms with Crippen LogP contribution in [0.1, 0.15) is 19.8 Å². The summed E-state index contributed by atoms with van der Waals surface area (Å²) in [6.07, 6.45) is 1.03. The highest BCUT2D eigenvalue weighted by Gasteiger charge is 2.52. The summed E-state index contributed by atoms with van der Waals surface area (Å²) in [6.45, 7) is -1.18. The highest BCUT2D eigenvalue weighted by atomic mass is 28.4. The van der Waals surface area contributed by atoms with Gasteiger partial charge in [-0.15, -0.1) is 0 Å². The van der Waals surface area contributed by atoms with Crippen molar-refractivity contribution in [3.63, 3.8) is 0 Å². The summed E-state index contributed by atoms with van der Waals surface area (Å²) < 4.78 is 14.3. The van der Waals surface area contributed by atoms with Crippen molar-refractivity contribution in [3.8, 4) is 0 Å². The maximum absolute atomic E-state index is 11.2. The average Bonchev–Trinajstić information content (AvgIpc) is 2.44. The van der Waals surface area contributed by atoms with Gasteiger partial charge in [0, 0.05) is 0 Å². The predicted octanol–water partition coefficient (Wildman–Crippen LogP) is -1.67. The van der Waals surface area contributed by atoms with Gasteiger partial charge in [0.1, 0.15) is 19.8 Å². The zero-order valence-corrected chi connectivity index (χ0v) is 12.0. The van der Waals surface area contributed by atoms with Gasteiger partial charge >= 0.3 is 26.7 Å². The third kappa shape index (κ3) is 6.61. The van der Waals surface area contributed by atoms with Gasteiger partial charge in [-0.1, -0.05) is 13.3 Å². The van der Waals surface area contributed by atoms with Crippen LogP contribution in [0.15, 0.2) is 0 Å². The zero-order chi connectivity index (χ0) is 15.6. The second-order valence-electron chi connectivity index (χ2n) is 3.68. The number of unbranched alkanes of at least 4 members (excludes halogenated alkanes) is 1. The van der Waals surface area contributed by atoms with Crippen LogP contribution in [0.4, 0.5) is 0 Å². The van der Waals surface area contributed by atoms with Crippen molar-refractivity contribution in [2.45, 2.75) is 25.8 Å². The van der Waals surface area contributed by atoms with Crippen LogP contribution in [0.25, 0.3) is 0 Å². The fourth-order valence-electron chi connectivity index (χ4n) is 1.23. The molecule has 0 rings (SSSR count). The maximum atomic E-state index is 11.2. The third-order valence-electron chi connectivity index (χ3n) is 2.03. The van der Waals surface area contributed by atoms with Crippen molar-refractivity contribution in [1.82, 2.24) is 0 Å². The molecule has 9 nitrogen and oxygen atoms in total. The van der Waals surface area contributed by atoms with E-state index in [4.69, 9.17) is 28.6 Å². The van der Waals surface area contributed by atoms with Crippen molar-refractivity contribution < 1.29 is 43.0 Å². The van der Waals surface area contributed by atoms with Gasteiger partial charge < -0.3 is 28.6 Å². The lowest BCUT2D eigenvalue weighted by atomic mass is 10.4. The number of hydrogen-bond donors (Lipinski definition) is 3. The fourth-order valence-corrected chi connectivity index (χ4v) is 3.68. The van der Waals surface area contributed by atoms with Crippen LogP contribution >= 0.6 is 0 Å². The molecule has 0 saturated carbocycles. The van der Waals surface area contributed by atoms with E-state index in [1.54, 1.807) is 6.92 Å². The summed E-state index contributed by atoms with van der Waals surface area (Å²) in [5.74, 6) is -3.40. The lowest BCUT2D eigenvalue weighted by molar-refractivity contribution is -0.154. The molecule has 0 aliphatic carbocycles. The van der Waals surface area contributed by atoms with Gasteiger partial charge in [0.25, 0.3) is 0 Å². The summed E-state index contributed by atoms with van der Waals surface area (Å²) in [6, 6.07) is -0.0628. The van der Waals surface area contributed by atoms with E-state index in [2.05, 4.69) is 0 Å². The van der Waals surface area contributed by atoms with Crippen molar-refractivity contribution >= 4 is 26.7 Å². The molecule has 0 aromatic heterocycles. The molecule has 0 aromatic carbocycles. The fraction of sp³-hybridized carbons (Fsp3) is 0.700. The quantitative estimate of drug-likeness (QED) is 0.426. The van der Waals surface area contributed by atoms with E-state index in [1.165, 1.54) is 0 Å². The van der Waals surface area contributed by atoms with Gasteiger partial charge in [-0.2, -0.15) is 0 Å². The molecule has 0 aliphatic rings. The standard InChI is InChI=1S/C10H18O9Si/c1-2-3-4-20(17-8(14)5-11,18-9(15)6-12)19-10(16)7-13/h11-13H,2-7H2,1H3. The zero-order valence-electron chi connectivity index (χ0n) is 11.0. The molecule has 0 saturated heterocycles. The Bertz CT molecular complexity index is 298. The number of aliphatic hydroxyl groups is 3. The Morgan fingerprint density at radius 2 is 1.20 bits per heavy atom. The molecular weight excluding hydrogens is 292 g/mol. The van der Waals surface area contributed by atoms with Crippen molar-refractivity contribution in [3.05, 3.63) is 0 Å². The predicted molar refractivity (Wildman–Crippen MR) is 65.0 cm³/mol. The van der Waals surface area contributed by atoms with E-state index < -0.39 is 46.5 Å². The molecule has 3 N–H and O–H groups in total. The molecule has 20 heavy (non-hydrogen) atoms. The van der Waals surface area contributed by atoms with Gasteiger partial charge in [-0.3, -0.25) is 14.4 Å². The second-order valence-corrected chi connectivity index (χ2v) is 6.16. The molecule has 0 unspecified atom stereocenters. The van der Waals surface area contributed by atoms with Crippen LogP contribution in [-0.2, 0) is 27.7 Å². The average molecular weight is 310 g/mol. The van der Waals surface area contributed by atoms with Gasteiger partial charge in [-0.25, -0.2) is 0 Å². The van der Waals surface area contributed by atoms with Crippen LogP contribution in [0.2, 0.25) is 6.04 Å². The van der Waals surface area contributed by atoms with Crippen LogP contribution in [0, 0.1) is 0 Å². The smallest absolute Gasteiger partial charge is 0.453 e. The molecule has 0 aromatic rings. The number of rotatable bonds is 9. The molecule has 10 heteroatoms. The SMILES string of the molecule is CCCC[Si](OC(=O)CO)(OC(=O)CO)OC(=O)CO. The van der Waals surface area contributed by atoms with Gasteiger partial charge in [0.2, 0.25) is 0 Å². The number of hydrogen-bond acceptors (Lipinski definition) is 9. The Balaban J connectivity index is 5.18. The number of carbonyl (C=O) groups is 3. The summed E-state index contributed by atoms with van der Waals surface area (Å²) in [7, 11) is -4.10. The Morgan fingerprint density at radius 3 is 1.45 bits per heavy atom. The minimum atomic E-state index is -4.10. The first kappa shape index (κ1) is 18.5. The minimum absolute atomic E-state index is 0.0628. The lowest BCUT2D eigenvalue weighted by Crippen LogP contribution is -2.51. The van der Waals surface area contributed by atoms with Crippen LogP contribution in [0.5, 0.6) is 0 Å². The number of aliphatic hydroxyl groups excluding tert-OH is 3. The Morgan fingerprint density at radius 1 is 0.850 bits per heavy atom. The largest absolute Gasteiger partial charge is 0.705 e. The monoisotopic (exact) mass is 310 g/mol. The molecule has 0 spiro atoms. The van der Waals surface area contributed by atoms with Crippen molar-refractivity contribution in [2.75, 3.05) is 19.8 Å². The van der Waals surface area contributed by atoms with Crippen molar-refractivity contribution in [2.24, 2.45) is 0 Å². The third-order valence-corrected chi connectivity index (χ3v) is 4.61. The second kappa shape index (κ2) is 9.42. The molecule has 0 fully saturated rings. The molecule has 0 atom stereocenters. The molecular formula is C10H18O9Si. The van der Waals surface area contributed by atoms with Gasteiger partial charge in [-0.05, 0) is 6.42 Å². The highest BCUT2D eigenvalue weighted by molar-refractivity contribution is 6.65. The van der Waals surface area contributed by atoms with E-state index in [9.17, 15) is 14.4 Å². The van der Waals surface area contributed by atoms with Gasteiger partial charge in [0.05, 0.1) is 6.04 Å².